The third-order valence-corrected chi connectivity index (χ3v) is 6.58. The fourth-order valence-corrected chi connectivity index (χ4v) is 4.68. The number of aromatic nitrogens is 2. The summed E-state index contributed by atoms with van der Waals surface area (Å²) >= 11 is 0. The van der Waals surface area contributed by atoms with Gasteiger partial charge in [0.05, 0.1) is 27.1 Å². The molecule has 32 heavy (non-hydrogen) atoms. The second-order valence-corrected chi connectivity index (χ2v) is 9.23. The third kappa shape index (κ3) is 3.34. The molecule has 6 heteroatoms. The molecule has 0 aliphatic heterocycles. The Balaban J connectivity index is 0.000000168. The van der Waals surface area contributed by atoms with E-state index in [0.717, 1.165) is 16.8 Å². The van der Waals surface area contributed by atoms with E-state index in [0.29, 0.717) is 0 Å². The summed E-state index contributed by atoms with van der Waals surface area (Å²) in [6.45, 7) is 1.82. The molecule has 6 rings (SSSR count). The van der Waals surface area contributed by atoms with E-state index < -0.39 is 10.1 Å². The number of fused-ring (bicyclic) bond motifs is 5. The number of hydrogen-bond acceptors (Lipinski definition) is 4. The summed E-state index contributed by atoms with van der Waals surface area (Å²) in [5.41, 5.74) is 6.91. The summed E-state index contributed by atoms with van der Waals surface area (Å²) in [6, 6.07) is 24.9. The molecule has 3 aromatic carbocycles. The Kier molecular flexibility index (Phi) is 4.77. The largest absolute Gasteiger partial charge is 0.744 e. The molecule has 0 bridgehead atoms. The van der Waals surface area contributed by atoms with Crippen LogP contribution in [0.5, 0.6) is 0 Å². The third-order valence-electron chi connectivity index (χ3n) is 5.73. The van der Waals surface area contributed by atoms with E-state index in [2.05, 4.69) is 72.4 Å². The Bertz CT molecular complexity index is 1610. The molecule has 0 radical (unpaired) electrons. The van der Waals surface area contributed by atoms with E-state index >= 15 is 0 Å². The quantitative estimate of drug-likeness (QED) is 0.210. The van der Waals surface area contributed by atoms with Gasteiger partial charge in [-0.2, -0.15) is 0 Å². The van der Waals surface area contributed by atoms with Crippen molar-refractivity contribution in [1.29, 1.82) is 0 Å². The average Bonchev–Trinajstić information content (AvgIpc) is 3.11. The molecule has 2 heterocycles. The van der Waals surface area contributed by atoms with Gasteiger partial charge < -0.3 is 4.55 Å². The normalized spacial score (nSPS) is 11.8. The minimum atomic E-state index is -4.27. The summed E-state index contributed by atoms with van der Waals surface area (Å²) in [5.74, 6) is 0. The van der Waals surface area contributed by atoms with Gasteiger partial charge in [-0.15, -0.1) is 0 Å². The molecule has 0 saturated carbocycles. The molecule has 5 aromatic rings. The summed E-state index contributed by atoms with van der Waals surface area (Å²) in [6.07, 6.45) is 2.15. The van der Waals surface area contributed by atoms with Crippen LogP contribution in [0.1, 0.15) is 5.56 Å². The molecule has 0 fully saturated rings. The van der Waals surface area contributed by atoms with Gasteiger partial charge in [-0.1, -0.05) is 54.1 Å². The van der Waals surface area contributed by atoms with Crippen LogP contribution in [0.4, 0.5) is 0 Å². The zero-order valence-electron chi connectivity index (χ0n) is 17.6. The lowest BCUT2D eigenvalue weighted by atomic mass is 10.1. The van der Waals surface area contributed by atoms with Gasteiger partial charge in [0.25, 0.3) is 0 Å². The summed E-state index contributed by atoms with van der Waals surface area (Å²) in [7, 11) is -2.16. The van der Waals surface area contributed by atoms with E-state index in [1.54, 1.807) is 12.1 Å². The van der Waals surface area contributed by atoms with Crippen molar-refractivity contribution in [3.8, 4) is 22.5 Å². The van der Waals surface area contributed by atoms with E-state index in [1.807, 2.05) is 6.92 Å². The molecule has 0 unspecified atom stereocenters. The van der Waals surface area contributed by atoms with Gasteiger partial charge >= 0.3 is 0 Å². The van der Waals surface area contributed by atoms with Crippen LogP contribution in [-0.2, 0) is 17.2 Å². The van der Waals surface area contributed by atoms with Gasteiger partial charge in [0.1, 0.15) is 17.2 Å². The molecule has 5 nitrogen and oxygen atoms in total. The van der Waals surface area contributed by atoms with Crippen LogP contribution >= 0.6 is 0 Å². The minimum absolute atomic E-state index is 0.178. The van der Waals surface area contributed by atoms with Crippen molar-refractivity contribution in [3.05, 3.63) is 90.6 Å². The Morgan fingerprint density at radius 3 is 2.19 bits per heavy atom. The van der Waals surface area contributed by atoms with Crippen LogP contribution < -0.4 is 4.57 Å². The first-order valence-corrected chi connectivity index (χ1v) is 11.6. The molecule has 0 amide bonds. The summed E-state index contributed by atoms with van der Waals surface area (Å²) in [5, 5.41) is 3.80. The lowest BCUT2D eigenvalue weighted by Crippen LogP contribution is -2.29. The fraction of sp³-hybridized carbons (Fsp3) is 0.0769. The van der Waals surface area contributed by atoms with Crippen molar-refractivity contribution in [2.75, 3.05) is 0 Å². The number of pyridine rings is 2. The lowest BCUT2D eigenvalue weighted by molar-refractivity contribution is -0.659. The molecule has 1 aliphatic carbocycles. The van der Waals surface area contributed by atoms with Crippen LogP contribution in [0, 0.1) is 6.92 Å². The lowest BCUT2D eigenvalue weighted by Gasteiger charge is -2.05. The van der Waals surface area contributed by atoms with Crippen molar-refractivity contribution >= 4 is 31.8 Å². The molecule has 2 aromatic heterocycles. The first-order chi connectivity index (χ1) is 15.3. The Morgan fingerprint density at radius 1 is 0.812 bits per heavy atom. The first-order valence-electron chi connectivity index (χ1n) is 10.2. The number of nitrogens with zero attached hydrogens (tertiary/aromatic N) is 2. The van der Waals surface area contributed by atoms with Gasteiger partial charge in [0.2, 0.25) is 5.69 Å². The van der Waals surface area contributed by atoms with E-state index in [1.165, 1.54) is 45.1 Å². The second kappa shape index (κ2) is 7.51. The average molecular weight is 441 g/mol. The van der Waals surface area contributed by atoms with Gasteiger partial charge in [0.15, 0.2) is 6.20 Å². The second-order valence-electron chi connectivity index (χ2n) is 7.85. The monoisotopic (exact) mass is 440 g/mol. The van der Waals surface area contributed by atoms with Crippen molar-refractivity contribution in [2.24, 2.45) is 7.05 Å². The van der Waals surface area contributed by atoms with E-state index in [-0.39, 0.29) is 4.90 Å². The minimum Gasteiger partial charge on any atom is -0.744 e. The molecular weight excluding hydrogens is 420 g/mol. The molecule has 1 aliphatic rings. The molecule has 0 N–H and O–H groups in total. The van der Waals surface area contributed by atoms with Crippen LogP contribution in [-0.4, -0.2) is 18.0 Å². The predicted molar refractivity (Wildman–Crippen MR) is 124 cm³/mol. The Morgan fingerprint density at radius 2 is 1.47 bits per heavy atom. The van der Waals surface area contributed by atoms with Crippen molar-refractivity contribution in [2.45, 2.75) is 11.8 Å². The predicted octanol–water partition coefficient (Wildman–Crippen LogP) is 4.76. The number of rotatable bonds is 1. The highest BCUT2D eigenvalue weighted by Gasteiger charge is 2.30. The first kappa shape index (κ1) is 20.3. The maximum absolute atomic E-state index is 10.4. The highest BCUT2D eigenvalue weighted by atomic mass is 32.2. The van der Waals surface area contributed by atoms with Gasteiger partial charge in [-0.25, -0.2) is 18.0 Å². The van der Waals surface area contributed by atoms with Crippen LogP contribution in [0.15, 0.2) is 90.0 Å². The van der Waals surface area contributed by atoms with Crippen LogP contribution in [0.25, 0.3) is 44.2 Å². The summed E-state index contributed by atoms with van der Waals surface area (Å²) in [4.78, 5) is 4.77. The van der Waals surface area contributed by atoms with E-state index in [9.17, 15) is 13.0 Å². The fourth-order valence-electron chi connectivity index (χ4n) is 4.21. The molecule has 158 valence electrons. The van der Waals surface area contributed by atoms with Crippen molar-refractivity contribution < 1.29 is 17.5 Å². The SMILES string of the molecule is C[n+]1ccc2c3c(nc4ccccc42)-c2ccccc2-c31.Cc1ccc(S(=O)(=O)[O-])cc1. The van der Waals surface area contributed by atoms with Gasteiger partial charge in [0, 0.05) is 22.4 Å². The van der Waals surface area contributed by atoms with Gasteiger partial charge in [-0.3, -0.25) is 0 Å². The number of benzene rings is 3. The zero-order chi connectivity index (χ0) is 22.5. The Labute approximate surface area is 186 Å². The maximum Gasteiger partial charge on any atom is 0.223 e. The van der Waals surface area contributed by atoms with Crippen LogP contribution in [0.3, 0.4) is 0 Å². The standard InChI is InChI=1S/C19H13N2.C7H8O3S/c1-21-11-10-13-12-6-4-5-9-16(12)20-18-14-7-2-3-8-15(14)19(21)17(13)18;1-6-2-4-7(5-3-6)11(8,9)10/h2-11H,1H3;2-5H,1H3,(H,8,9,10)/q+1;/p-1. The van der Waals surface area contributed by atoms with Crippen molar-refractivity contribution in [1.82, 2.24) is 4.98 Å². The number of para-hydroxylation sites is 1. The Hall–Kier alpha value is -3.61. The molecule has 0 spiro atoms. The highest BCUT2D eigenvalue weighted by Crippen LogP contribution is 2.45. The smallest absolute Gasteiger partial charge is 0.223 e. The number of aryl methyl sites for hydroxylation is 2. The zero-order valence-corrected chi connectivity index (χ0v) is 18.4. The van der Waals surface area contributed by atoms with Crippen LogP contribution in [0.2, 0.25) is 0 Å². The van der Waals surface area contributed by atoms with E-state index in [4.69, 9.17) is 4.98 Å². The maximum atomic E-state index is 10.4. The van der Waals surface area contributed by atoms with Gasteiger partial charge in [-0.05, 0) is 31.2 Å². The summed E-state index contributed by atoms with van der Waals surface area (Å²) < 4.78 is 33.4. The highest BCUT2D eigenvalue weighted by molar-refractivity contribution is 7.85. The molecular formula is C26H20N2O3S. The molecule has 0 atom stereocenters. The number of hydrogen-bond donors (Lipinski definition) is 0. The topological polar surface area (TPSA) is 74.0 Å². The molecule has 0 saturated heterocycles. The van der Waals surface area contributed by atoms with Crippen molar-refractivity contribution in [3.63, 3.8) is 0 Å².